The molecular weight excluding hydrogens is 560 g/mol. The number of esters is 4. The van der Waals surface area contributed by atoms with Gasteiger partial charge in [-0.25, -0.2) is 0 Å². The van der Waals surface area contributed by atoms with Crippen molar-refractivity contribution in [2.75, 3.05) is 20.5 Å². The van der Waals surface area contributed by atoms with Crippen LogP contribution in [-0.2, 0) is 51.1 Å². The van der Waals surface area contributed by atoms with Crippen LogP contribution in [0.2, 0.25) is 0 Å². The number of carbonyl (C=O) groups is 4. The third kappa shape index (κ3) is 9.40. The zero-order valence-corrected chi connectivity index (χ0v) is 25.4. The largest absolute Gasteiger partial charge is 0.493 e. The molecule has 234 valence electrons. The molecule has 3 rings (SSSR count). The molecule has 2 heterocycles. The van der Waals surface area contributed by atoms with Gasteiger partial charge in [0.05, 0.1) is 18.9 Å². The summed E-state index contributed by atoms with van der Waals surface area (Å²) in [6, 6.07) is 9.74. The van der Waals surface area contributed by atoms with Gasteiger partial charge in [0, 0.05) is 18.8 Å². The van der Waals surface area contributed by atoms with Crippen molar-refractivity contribution in [2.45, 2.75) is 65.8 Å². The predicted octanol–water partition coefficient (Wildman–Crippen LogP) is 3.00. The second kappa shape index (κ2) is 15.9. The Labute approximate surface area is 251 Å². The summed E-state index contributed by atoms with van der Waals surface area (Å²) in [6.45, 7) is 7.61. The van der Waals surface area contributed by atoms with Gasteiger partial charge in [-0.3, -0.25) is 29.5 Å². The number of hydrogen-bond donors (Lipinski definition) is 1. The summed E-state index contributed by atoms with van der Waals surface area (Å²) in [7, 11) is 1.45. The van der Waals surface area contributed by atoms with Crippen molar-refractivity contribution in [3.05, 3.63) is 53.9 Å². The number of pyridine rings is 1. The average molecular weight is 601 g/mol. The number of rotatable bonds is 12. The maximum Gasteiger partial charge on any atom is 0.327 e. The normalized spacial score (nSPS) is 20.7. The Morgan fingerprint density at radius 1 is 1.02 bits per heavy atom. The van der Waals surface area contributed by atoms with Crippen LogP contribution >= 0.6 is 0 Å². The van der Waals surface area contributed by atoms with Crippen molar-refractivity contribution in [1.82, 2.24) is 10.3 Å². The topological polar surface area (TPSA) is 149 Å². The van der Waals surface area contributed by atoms with Crippen molar-refractivity contribution in [2.24, 2.45) is 17.8 Å². The maximum absolute atomic E-state index is 13.4. The lowest BCUT2D eigenvalue weighted by atomic mass is 9.91. The van der Waals surface area contributed by atoms with E-state index in [9.17, 15) is 19.2 Å². The van der Waals surface area contributed by atoms with E-state index in [0.29, 0.717) is 11.4 Å². The monoisotopic (exact) mass is 600 g/mol. The van der Waals surface area contributed by atoms with Gasteiger partial charge in [0.1, 0.15) is 30.4 Å². The van der Waals surface area contributed by atoms with Crippen LogP contribution in [0.1, 0.15) is 45.9 Å². The van der Waals surface area contributed by atoms with Crippen LogP contribution in [0.3, 0.4) is 0 Å². The molecule has 0 radical (unpaired) electrons. The smallest absolute Gasteiger partial charge is 0.327 e. The zero-order chi connectivity index (χ0) is 31.5. The summed E-state index contributed by atoms with van der Waals surface area (Å²) in [5, 5.41) is 3.01. The van der Waals surface area contributed by atoms with Gasteiger partial charge in [-0.2, -0.15) is 0 Å². The SMILES string of the molecule is COc1ccnc(CN[C@H]2COC(=O)[C@H](Cc3ccccc3)[C@@H](OC(=O)C(C)C)[C@H](C)OC2=O)c1OCOC(=O)C(C)C. The van der Waals surface area contributed by atoms with E-state index in [1.54, 1.807) is 40.7 Å². The molecule has 0 spiro atoms. The van der Waals surface area contributed by atoms with Crippen LogP contribution in [0.15, 0.2) is 42.6 Å². The lowest BCUT2D eigenvalue weighted by Crippen LogP contribution is -2.45. The van der Waals surface area contributed by atoms with Crippen LogP contribution in [0, 0.1) is 17.8 Å². The van der Waals surface area contributed by atoms with Crippen molar-refractivity contribution < 1.29 is 47.6 Å². The van der Waals surface area contributed by atoms with Gasteiger partial charge in [0.2, 0.25) is 6.79 Å². The molecule has 4 atom stereocenters. The van der Waals surface area contributed by atoms with E-state index in [1.807, 2.05) is 30.3 Å². The Morgan fingerprint density at radius 3 is 2.37 bits per heavy atom. The van der Waals surface area contributed by atoms with Crippen LogP contribution < -0.4 is 14.8 Å². The number of ether oxygens (including phenoxy) is 6. The predicted molar refractivity (Wildman–Crippen MR) is 153 cm³/mol. The molecule has 1 N–H and O–H groups in total. The Bertz CT molecular complexity index is 1250. The lowest BCUT2D eigenvalue weighted by Gasteiger charge is -2.29. The standard InChI is InChI=1S/C31H40N2O10/c1-18(2)28(34)41-17-40-27-23(32-13-12-25(27)38-6)15-33-24-16-39-30(36)22(14-21-10-8-7-9-11-21)26(20(5)42-31(24)37)43-29(35)19(3)4/h7-13,18-20,22,24,26,33H,14-17H2,1-6H3/t20-,22+,24-,26-/m0/s1. The molecule has 1 aromatic carbocycles. The third-order valence-electron chi connectivity index (χ3n) is 6.72. The van der Waals surface area contributed by atoms with E-state index in [4.69, 9.17) is 28.4 Å². The van der Waals surface area contributed by atoms with Crippen LogP contribution in [0.5, 0.6) is 11.5 Å². The molecule has 1 aliphatic rings. The summed E-state index contributed by atoms with van der Waals surface area (Å²) < 4.78 is 33.2. The first-order valence-electron chi connectivity index (χ1n) is 14.2. The number of benzene rings is 1. The number of aromatic nitrogens is 1. The molecule has 1 saturated heterocycles. The Kier molecular flexibility index (Phi) is 12.3. The number of nitrogens with one attached hydrogen (secondary N) is 1. The Hall–Kier alpha value is -4.19. The molecule has 0 aliphatic carbocycles. The fraction of sp³-hybridized carbons (Fsp3) is 0.516. The van der Waals surface area contributed by atoms with Crippen LogP contribution in [0.25, 0.3) is 0 Å². The summed E-state index contributed by atoms with van der Waals surface area (Å²) in [4.78, 5) is 55.4. The Balaban J connectivity index is 1.80. The molecule has 0 unspecified atom stereocenters. The first kappa shape index (κ1) is 33.3. The minimum absolute atomic E-state index is 0.0183. The van der Waals surface area contributed by atoms with Gasteiger partial charge in [-0.05, 0) is 18.9 Å². The molecule has 0 bridgehead atoms. The highest BCUT2D eigenvalue weighted by Gasteiger charge is 2.42. The highest BCUT2D eigenvalue weighted by molar-refractivity contribution is 5.80. The van der Waals surface area contributed by atoms with E-state index >= 15 is 0 Å². The van der Waals surface area contributed by atoms with E-state index < -0.39 is 54.0 Å². The second-order valence-corrected chi connectivity index (χ2v) is 10.7. The summed E-state index contributed by atoms with van der Waals surface area (Å²) in [5.41, 5.74) is 1.18. The van der Waals surface area contributed by atoms with Gasteiger partial charge in [-0.1, -0.05) is 58.0 Å². The first-order chi connectivity index (χ1) is 20.5. The van der Waals surface area contributed by atoms with Crippen molar-refractivity contribution >= 4 is 23.9 Å². The number of carbonyl (C=O) groups excluding carboxylic acids is 4. The van der Waals surface area contributed by atoms with Crippen molar-refractivity contribution in [1.29, 1.82) is 0 Å². The fourth-order valence-electron chi connectivity index (χ4n) is 4.24. The number of hydrogen-bond acceptors (Lipinski definition) is 12. The summed E-state index contributed by atoms with van der Waals surface area (Å²) in [5.74, 6) is -3.46. The molecular formula is C31H40N2O10. The zero-order valence-electron chi connectivity index (χ0n) is 25.4. The molecule has 1 aromatic heterocycles. The Morgan fingerprint density at radius 2 is 1.72 bits per heavy atom. The molecule has 0 saturated carbocycles. The molecule has 2 aromatic rings. The summed E-state index contributed by atoms with van der Waals surface area (Å²) >= 11 is 0. The van der Waals surface area contributed by atoms with E-state index in [1.165, 1.54) is 13.3 Å². The minimum atomic E-state index is -1.08. The van der Waals surface area contributed by atoms with Gasteiger partial charge in [0.25, 0.3) is 0 Å². The van der Waals surface area contributed by atoms with Crippen LogP contribution in [0.4, 0.5) is 0 Å². The number of nitrogens with zero attached hydrogens (tertiary/aromatic N) is 1. The molecule has 1 aliphatic heterocycles. The molecule has 12 nitrogen and oxygen atoms in total. The maximum atomic E-state index is 13.4. The first-order valence-corrected chi connectivity index (χ1v) is 14.2. The minimum Gasteiger partial charge on any atom is -0.493 e. The number of cyclic esters (lactones) is 2. The summed E-state index contributed by atoms with van der Waals surface area (Å²) in [6.07, 6.45) is -0.318. The van der Waals surface area contributed by atoms with E-state index in [2.05, 4.69) is 10.3 Å². The highest BCUT2D eigenvalue weighted by Crippen LogP contribution is 2.30. The average Bonchev–Trinajstić information content (AvgIpc) is 3.02. The molecule has 12 heteroatoms. The van der Waals surface area contributed by atoms with Gasteiger partial charge < -0.3 is 28.4 Å². The molecule has 0 amide bonds. The van der Waals surface area contributed by atoms with E-state index in [-0.39, 0.29) is 38.0 Å². The second-order valence-electron chi connectivity index (χ2n) is 10.7. The third-order valence-corrected chi connectivity index (χ3v) is 6.72. The van der Waals surface area contributed by atoms with Gasteiger partial charge in [-0.15, -0.1) is 0 Å². The quantitative estimate of drug-likeness (QED) is 0.217. The molecule has 1 fully saturated rings. The fourth-order valence-corrected chi connectivity index (χ4v) is 4.24. The van der Waals surface area contributed by atoms with E-state index in [0.717, 1.165) is 5.56 Å². The highest BCUT2D eigenvalue weighted by atomic mass is 16.7. The lowest BCUT2D eigenvalue weighted by molar-refractivity contribution is -0.176. The molecule has 43 heavy (non-hydrogen) atoms. The van der Waals surface area contributed by atoms with Crippen molar-refractivity contribution in [3.8, 4) is 11.5 Å². The van der Waals surface area contributed by atoms with Gasteiger partial charge in [0.15, 0.2) is 17.6 Å². The van der Waals surface area contributed by atoms with Gasteiger partial charge >= 0.3 is 23.9 Å². The van der Waals surface area contributed by atoms with Crippen LogP contribution in [-0.4, -0.2) is 67.6 Å². The van der Waals surface area contributed by atoms with Crippen molar-refractivity contribution in [3.63, 3.8) is 0 Å². The number of methoxy groups -OCH3 is 1.